The zero-order valence-electron chi connectivity index (χ0n) is 8.85. The molecule has 86 valence electrons. The molecule has 0 fully saturated rings. The number of thioether (sulfide) groups is 1. The lowest BCUT2D eigenvalue weighted by Gasteiger charge is -2.07. The van der Waals surface area contributed by atoms with E-state index in [2.05, 4.69) is 56.4 Å². The summed E-state index contributed by atoms with van der Waals surface area (Å²) >= 11 is 10.7. The second-order valence-electron chi connectivity index (χ2n) is 3.35. The van der Waals surface area contributed by atoms with Gasteiger partial charge in [0.25, 0.3) is 0 Å². The van der Waals surface area contributed by atoms with Crippen molar-refractivity contribution >= 4 is 55.0 Å². The van der Waals surface area contributed by atoms with Crippen molar-refractivity contribution in [1.29, 1.82) is 0 Å². The van der Waals surface area contributed by atoms with Gasteiger partial charge in [0.05, 0.1) is 3.79 Å². The number of rotatable bonds is 6. The van der Waals surface area contributed by atoms with Gasteiger partial charge in [0.1, 0.15) is 0 Å². The minimum Gasteiger partial charge on any atom is -0.312 e. The van der Waals surface area contributed by atoms with Crippen molar-refractivity contribution < 1.29 is 0 Å². The molecule has 0 aromatic carbocycles. The van der Waals surface area contributed by atoms with Gasteiger partial charge < -0.3 is 5.32 Å². The first-order valence-corrected chi connectivity index (χ1v) is 8.49. The molecule has 1 aromatic heterocycles. The smallest absolute Gasteiger partial charge is 0.0843 e. The third kappa shape index (κ3) is 5.22. The van der Waals surface area contributed by atoms with Crippen LogP contribution in [0.4, 0.5) is 0 Å². The Balaban J connectivity index is 2.20. The molecule has 0 radical (unpaired) electrons. The number of halogens is 2. The molecule has 1 aromatic rings. The number of thiophene rings is 1. The molecule has 0 bridgehead atoms. The fraction of sp³-hybridized carbons (Fsp3) is 0.600. The third-order valence-corrected chi connectivity index (χ3v) is 6.42. The average molecular weight is 373 g/mol. The van der Waals surface area contributed by atoms with Crippen LogP contribution in [-0.2, 0) is 6.54 Å². The lowest BCUT2D eigenvalue weighted by Crippen LogP contribution is -2.16. The zero-order valence-corrected chi connectivity index (χ0v) is 13.7. The Labute approximate surface area is 117 Å². The highest BCUT2D eigenvalue weighted by Crippen LogP contribution is 2.32. The van der Waals surface area contributed by atoms with Gasteiger partial charge in [-0.15, -0.1) is 11.3 Å². The second kappa shape index (κ2) is 7.33. The maximum atomic E-state index is 3.50. The van der Waals surface area contributed by atoms with Crippen molar-refractivity contribution in [2.75, 3.05) is 12.8 Å². The van der Waals surface area contributed by atoms with Gasteiger partial charge in [0.15, 0.2) is 0 Å². The predicted octanol–water partition coefficient (Wildman–Crippen LogP) is 4.50. The fourth-order valence-corrected chi connectivity index (χ4v) is 3.61. The fourth-order valence-electron chi connectivity index (χ4n) is 1.11. The van der Waals surface area contributed by atoms with Gasteiger partial charge in [-0.1, -0.05) is 6.92 Å². The summed E-state index contributed by atoms with van der Waals surface area (Å²) < 4.78 is 2.33. The second-order valence-corrected chi connectivity index (χ2v) is 7.93. The van der Waals surface area contributed by atoms with E-state index in [1.807, 2.05) is 11.8 Å². The number of hydrogen-bond donors (Lipinski definition) is 1. The molecule has 1 unspecified atom stereocenters. The van der Waals surface area contributed by atoms with Crippen LogP contribution in [0.25, 0.3) is 0 Å². The molecule has 0 spiro atoms. The van der Waals surface area contributed by atoms with Crippen molar-refractivity contribution in [3.63, 3.8) is 0 Å². The molecule has 5 heteroatoms. The summed E-state index contributed by atoms with van der Waals surface area (Å²) in [5.74, 6) is 0. The molecule has 1 atom stereocenters. The Kier molecular flexibility index (Phi) is 6.85. The molecule has 1 rings (SSSR count). The van der Waals surface area contributed by atoms with Crippen molar-refractivity contribution in [1.82, 2.24) is 5.32 Å². The highest BCUT2D eigenvalue weighted by Gasteiger charge is 2.04. The Morgan fingerprint density at radius 2 is 2.27 bits per heavy atom. The molecule has 15 heavy (non-hydrogen) atoms. The topological polar surface area (TPSA) is 12.0 Å². The van der Waals surface area contributed by atoms with E-state index in [0.29, 0.717) is 0 Å². The van der Waals surface area contributed by atoms with Crippen molar-refractivity contribution in [3.05, 3.63) is 19.2 Å². The predicted molar refractivity (Wildman–Crippen MR) is 79.0 cm³/mol. The van der Waals surface area contributed by atoms with E-state index < -0.39 is 0 Å². The molecule has 0 saturated heterocycles. The number of nitrogens with one attached hydrogen (secondary N) is 1. The summed E-state index contributed by atoms with van der Waals surface area (Å²) in [5.41, 5.74) is 0. The van der Waals surface area contributed by atoms with Gasteiger partial charge in [-0.3, -0.25) is 0 Å². The van der Waals surface area contributed by atoms with Crippen LogP contribution in [0.3, 0.4) is 0 Å². The monoisotopic (exact) mass is 371 g/mol. The molecular formula is C10H15Br2NS2. The lowest BCUT2D eigenvalue weighted by atomic mass is 10.3. The van der Waals surface area contributed by atoms with E-state index in [1.54, 1.807) is 11.3 Å². The summed E-state index contributed by atoms with van der Waals surface area (Å²) in [7, 11) is 0. The van der Waals surface area contributed by atoms with Crippen LogP contribution < -0.4 is 5.32 Å². The first-order chi connectivity index (χ1) is 7.13. The molecule has 1 heterocycles. The maximum absolute atomic E-state index is 3.50. The summed E-state index contributed by atoms with van der Waals surface area (Å²) in [6.07, 6.45) is 3.40. The van der Waals surface area contributed by atoms with Gasteiger partial charge in [-0.2, -0.15) is 11.8 Å². The van der Waals surface area contributed by atoms with Crippen LogP contribution >= 0.6 is 55.0 Å². The van der Waals surface area contributed by atoms with Crippen LogP contribution in [-0.4, -0.2) is 18.1 Å². The van der Waals surface area contributed by atoms with Crippen LogP contribution in [0.15, 0.2) is 14.3 Å². The van der Waals surface area contributed by atoms with E-state index in [1.165, 1.54) is 15.1 Å². The molecular weight excluding hydrogens is 358 g/mol. The van der Waals surface area contributed by atoms with E-state index in [0.717, 1.165) is 22.8 Å². The molecule has 0 saturated carbocycles. The summed E-state index contributed by atoms with van der Waals surface area (Å²) in [6, 6.07) is 2.17. The van der Waals surface area contributed by atoms with Crippen molar-refractivity contribution in [3.8, 4) is 0 Å². The highest BCUT2D eigenvalue weighted by molar-refractivity contribution is 9.13. The first-order valence-electron chi connectivity index (χ1n) is 4.80. The van der Waals surface area contributed by atoms with Gasteiger partial charge in [-0.05, 0) is 57.1 Å². The third-order valence-electron chi connectivity index (χ3n) is 2.13. The Hall–Kier alpha value is 0.970. The van der Waals surface area contributed by atoms with Crippen LogP contribution in [0.2, 0.25) is 0 Å². The standard InChI is InChI=1S/C10H15Br2NS2/c1-7(14-2)3-4-13-6-8-5-9(11)10(12)15-8/h5,7,13H,3-4,6H2,1-2H3. The lowest BCUT2D eigenvalue weighted by molar-refractivity contribution is 0.653. The maximum Gasteiger partial charge on any atom is 0.0843 e. The first kappa shape index (κ1) is 14.0. The summed E-state index contributed by atoms with van der Waals surface area (Å²) in [5, 5.41) is 4.21. The summed E-state index contributed by atoms with van der Waals surface area (Å²) in [6.45, 7) is 4.33. The summed E-state index contributed by atoms with van der Waals surface area (Å²) in [4.78, 5) is 1.37. The molecule has 0 aliphatic carbocycles. The van der Waals surface area contributed by atoms with E-state index >= 15 is 0 Å². The Morgan fingerprint density at radius 3 is 2.80 bits per heavy atom. The van der Waals surface area contributed by atoms with E-state index in [9.17, 15) is 0 Å². The molecule has 0 aliphatic rings. The minimum absolute atomic E-state index is 0.749. The van der Waals surface area contributed by atoms with E-state index in [4.69, 9.17) is 0 Å². The molecule has 0 amide bonds. The van der Waals surface area contributed by atoms with Crippen LogP contribution in [0.5, 0.6) is 0 Å². The molecule has 1 nitrogen and oxygen atoms in total. The largest absolute Gasteiger partial charge is 0.312 e. The minimum atomic E-state index is 0.749. The Morgan fingerprint density at radius 1 is 1.53 bits per heavy atom. The quantitative estimate of drug-likeness (QED) is 0.737. The molecule has 0 aliphatic heterocycles. The molecule has 1 N–H and O–H groups in total. The van der Waals surface area contributed by atoms with E-state index in [-0.39, 0.29) is 0 Å². The van der Waals surface area contributed by atoms with Crippen LogP contribution in [0, 0.1) is 0 Å². The average Bonchev–Trinajstić information content (AvgIpc) is 2.53. The zero-order chi connectivity index (χ0) is 11.3. The number of hydrogen-bond acceptors (Lipinski definition) is 3. The SMILES string of the molecule is CSC(C)CCNCc1cc(Br)c(Br)s1. The highest BCUT2D eigenvalue weighted by atomic mass is 79.9. The normalized spacial score (nSPS) is 13.1. The van der Waals surface area contributed by atoms with Gasteiger partial charge in [-0.25, -0.2) is 0 Å². The van der Waals surface area contributed by atoms with Crippen molar-refractivity contribution in [2.24, 2.45) is 0 Å². The van der Waals surface area contributed by atoms with Gasteiger partial charge >= 0.3 is 0 Å². The van der Waals surface area contributed by atoms with Crippen LogP contribution in [0.1, 0.15) is 18.2 Å². The Bertz CT molecular complexity index is 282. The van der Waals surface area contributed by atoms with Gasteiger partial charge in [0, 0.05) is 21.1 Å². The van der Waals surface area contributed by atoms with Crippen molar-refractivity contribution in [2.45, 2.75) is 25.1 Å². The van der Waals surface area contributed by atoms with Gasteiger partial charge in [0.2, 0.25) is 0 Å².